The summed E-state index contributed by atoms with van der Waals surface area (Å²) in [4.78, 5) is 4.76. The second-order valence-electron chi connectivity index (χ2n) is 6.69. The van der Waals surface area contributed by atoms with Crippen molar-refractivity contribution in [3.05, 3.63) is 64.0 Å². The maximum Gasteiger partial charge on any atom is 0.169 e. The molecule has 4 rings (SSSR count). The van der Waals surface area contributed by atoms with Crippen molar-refractivity contribution in [3.63, 3.8) is 0 Å². The monoisotopic (exact) mass is 473 g/mol. The van der Waals surface area contributed by atoms with Gasteiger partial charge in [0.25, 0.3) is 0 Å². The first kappa shape index (κ1) is 20.0. The first-order chi connectivity index (χ1) is 14.1. The molecule has 2 aromatic heterocycles. The Bertz CT molecular complexity index is 1150. The lowest BCUT2D eigenvalue weighted by Crippen LogP contribution is -2.17. The molecule has 2 N–H and O–H groups in total. The van der Waals surface area contributed by atoms with E-state index in [2.05, 4.69) is 26.6 Å². The van der Waals surface area contributed by atoms with Crippen molar-refractivity contribution in [2.45, 2.75) is 13.0 Å². The van der Waals surface area contributed by atoms with Gasteiger partial charge in [-0.25, -0.2) is 4.98 Å². The molecule has 0 aliphatic rings. The van der Waals surface area contributed by atoms with Crippen molar-refractivity contribution in [2.75, 3.05) is 25.5 Å². The third-order valence-electron chi connectivity index (χ3n) is 4.70. The van der Waals surface area contributed by atoms with Gasteiger partial charge >= 0.3 is 0 Å². The number of rotatable bonds is 8. The van der Waals surface area contributed by atoms with Crippen LogP contribution in [-0.4, -0.2) is 25.2 Å². The lowest BCUT2D eigenvalue weighted by molar-refractivity contribution is 0.415. The van der Waals surface area contributed by atoms with E-state index >= 15 is 0 Å². The number of hydrogen-bond acceptors (Lipinski definition) is 5. The van der Waals surface area contributed by atoms with Gasteiger partial charge in [-0.05, 0) is 77.4 Å². The fourth-order valence-electron chi connectivity index (χ4n) is 3.30. The van der Waals surface area contributed by atoms with Gasteiger partial charge in [-0.1, -0.05) is 11.6 Å². The standard InChI is InChI=1S/C22H21BrClN3O2/c1-28-15-4-7-19-18(12-15)22(17-6-3-14(24)11-20(17)27-19)26-10-2-9-25-13-16-5-8-21(23)29-16/h3-8,11-12,25H,2,9-10,13H2,1H3,(H,26,27). The predicted molar refractivity (Wildman–Crippen MR) is 122 cm³/mol. The summed E-state index contributed by atoms with van der Waals surface area (Å²) >= 11 is 9.50. The zero-order valence-electron chi connectivity index (χ0n) is 16.0. The van der Waals surface area contributed by atoms with E-state index in [1.165, 1.54) is 0 Å². The quantitative estimate of drug-likeness (QED) is 0.242. The van der Waals surface area contributed by atoms with Gasteiger partial charge in [0.2, 0.25) is 0 Å². The van der Waals surface area contributed by atoms with Crippen molar-refractivity contribution < 1.29 is 9.15 Å². The van der Waals surface area contributed by atoms with Crippen LogP contribution in [0.4, 0.5) is 5.69 Å². The number of ether oxygens (including phenoxy) is 1. The number of nitrogens with zero attached hydrogens (tertiary/aromatic N) is 1. The average Bonchev–Trinajstić information content (AvgIpc) is 3.14. The summed E-state index contributed by atoms with van der Waals surface area (Å²) < 4.78 is 11.7. The van der Waals surface area contributed by atoms with Crippen LogP contribution >= 0.6 is 27.5 Å². The van der Waals surface area contributed by atoms with Crippen LogP contribution in [0.15, 0.2) is 57.6 Å². The predicted octanol–water partition coefficient (Wildman–Crippen LogP) is 6.00. The minimum absolute atomic E-state index is 0.678. The summed E-state index contributed by atoms with van der Waals surface area (Å²) in [7, 11) is 1.67. The highest BCUT2D eigenvalue weighted by Gasteiger charge is 2.10. The van der Waals surface area contributed by atoms with Gasteiger partial charge in [0.1, 0.15) is 11.5 Å². The van der Waals surface area contributed by atoms with Gasteiger partial charge in [-0.15, -0.1) is 0 Å². The van der Waals surface area contributed by atoms with Crippen LogP contribution in [0.1, 0.15) is 12.2 Å². The van der Waals surface area contributed by atoms with Gasteiger partial charge in [0.05, 0.1) is 30.4 Å². The zero-order valence-corrected chi connectivity index (χ0v) is 18.3. The molecule has 7 heteroatoms. The second kappa shape index (κ2) is 9.03. The Morgan fingerprint density at radius 2 is 1.93 bits per heavy atom. The van der Waals surface area contributed by atoms with Crippen LogP contribution < -0.4 is 15.4 Å². The number of halogens is 2. The molecular weight excluding hydrogens is 454 g/mol. The van der Waals surface area contributed by atoms with E-state index < -0.39 is 0 Å². The molecule has 0 radical (unpaired) electrons. The lowest BCUT2D eigenvalue weighted by Gasteiger charge is -2.14. The summed E-state index contributed by atoms with van der Waals surface area (Å²) in [5.41, 5.74) is 2.83. The van der Waals surface area contributed by atoms with Crippen molar-refractivity contribution in [3.8, 4) is 5.75 Å². The molecule has 0 aliphatic heterocycles. The van der Waals surface area contributed by atoms with E-state index in [0.717, 1.165) is 63.2 Å². The SMILES string of the molecule is COc1ccc2nc3cc(Cl)ccc3c(NCCCNCc3ccc(Br)o3)c2c1. The molecule has 4 aromatic rings. The Labute approximate surface area is 182 Å². The van der Waals surface area contributed by atoms with Gasteiger partial charge in [0, 0.05) is 22.3 Å². The number of methoxy groups -OCH3 is 1. The Kier molecular flexibility index (Phi) is 6.23. The summed E-state index contributed by atoms with van der Waals surface area (Å²) in [5.74, 6) is 1.72. The molecule has 0 amide bonds. The average molecular weight is 475 g/mol. The maximum absolute atomic E-state index is 6.18. The second-order valence-corrected chi connectivity index (χ2v) is 7.91. The molecule has 2 aromatic carbocycles. The molecule has 0 saturated heterocycles. The van der Waals surface area contributed by atoms with Crippen LogP contribution in [0.3, 0.4) is 0 Å². The molecule has 0 fully saturated rings. The Morgan fingerprint density at radius 1 is 1.03 bits per heavy atom. The van der Waals surface area contributed by atoms with Crippen LogP contribution in [0.2, 0.25) is 5.02 Å². The topological polar surface area (TPSA) is 59.3 Å². The summed E-state index contributed by atoms with van der Waals surface area (Å²) in [6.45, 7) is 2.41. The van der Waals surface area contributed by atoms with Gasteiger partial charge in [-0.3, -0.25) is 0 Å². The number of furan rings is 1. The molecule has 0 spiro atoms. The van der Waals surface area contributed by atoms with E-state index in [-0.39, 0.29) is 0 Å². The van der Waals surface area contributed by atoms with Crippen LogP contribution in [0.5, 0.6) is 5.75 Å². The number of pyridine rings is 1. The number of benzene rings is 2. The Hall–Kier alpha value is -2.28. The van der Waals surface area contributed by atoms with E-state index in [9.17, 15) is 0 Å². The number of aromatic nitrogens is 1. The van der Waals surface area contributed by atoms with Gasteiger partial charge < -0.3 is 19.8 Å². The smallest absolute Gasteiger partial charge is 0.169 e. The molecule has 0 bridgehead atoms. The highest BCUT2D eigenvalue weighted by molar-refractivity contribution is 9.10. The molecule has 0 unspecified atom stereocenters. The molecule has 29 heavy (non-hydrogen) atoms. The Balaban J connectivity index is 1.49. The first-order valence-corrected chi connectivity index (χ1v) is 10.6. The van der Waals surface area contributed by atoms with Crippen LogP contribution in [0.25, 0.3) is 21.8 Å². The first-order valence-electron chi connectivity index (χ1n) is 9.40. The van der Waals surface area contributed by atoms with E-state index in [1.807, 2.05) is 48.5 Å². The van der Waals surface area contributed by atoms with E-state index in [0.29, 0.717) is 11.6 Å². The minimum Gasteiger partial charge on any atom is -0.497 e. The van der Waals surface area contributed by atoms with Crippen molar-refractivity contribution in [1.29, 1.82) is 0 Å². The molecular formula is C22H21BrClN3O2. The number of nitrogens with one attached hydrogen (secondary N) is 2. The van der Waals surface area contributed by atoms with Crippen LogP contribution in [0, 0.1) is 0 Å². The van der Waals surface area contributed by atoms with Gasteiger partial charge in [0.15, 0.2) is 4.67 Å². The molecule has 0 atom stereocenters. The van der Waals surface area contributed by atoms with Crippen molar-refractivity contribution >= 4 is 55.0 Å². The lowest BCUT2D eigenvalue weighted by atomic mass is 10.1. The fourth-order valence-corrected chi connectivity index (χ4v) is 3.81. The molecule has 5 nitrogen and oxygen atoms in total. The number of fused-ring (bicyclic) bond motifs is 2. The normalized spacial score (nSPS) is 11.3. The molecule has 150 valence electrons. The highest BCUT2D eigenvalue weighted by atomic mass is 79.9. The largest absolute Gasteiger partial charge is 0.497 e. The highest BCUT2D eigenvalue weighted by Crippen LogP contribution is 2.34. The van der Waals surface area contributed by atoms with Crippen molar-refractivity contribution in [1.82, 2.24) is 10.3 Å². The van der Waals surface area contributed by atoms with E-state index in [1.54, 1.807) is 7.11 Å². The number of hydrogen-bond donors (Lipinski definition) is 2. The Morgan fingerprint density at radius 3 is 2.72 bits per heavy atom. The number of anilines is 1. The summed E-state index contributed by atoms with van der Waals surface area (Å²) in [6.07, 6.45) is 0.963. The molecule has 2 heterocycles. The van der Waals surface area contributed by atoms with Gasteiger partial charge in [-0.2, -0.15) is 0 Å². The van der Waals surface area contributed by atoms with Crippen LogP contribution in [-0.2, 0) is 6.54 Å². The fraction of sp³-hybridized carbons (Fsp3) is 0.227. The van der Waals surface area contributed by atoms with E-state index in [4.69, 9.17) is 25.7 Å². The van der Waals surface area contributed by atoms with Crippen molar-refractivity contribution in [2.24, 2.45) is 0 Å². The molecule has 0 saturated carbocycles. The maximum atomic E-state index is 6.18. The third-order valence-corrected chi connectivity index (χ3v) is 5.36. The zero-order chi connectivity index (χ0) is 20.2. The summed E-state index contributed by atoms with van der Waals surface area (Å²) in [5, 5.41) is 9.75. The summed E-state index contributed by atoms with van der Waals surface area (Å²) in [6, 6.07) is 15.6. The third kappa shape index (κ3) is 4.66. The minimum atomic E-state index is 0.678. The molecule has 0 aliphatic carbocycles.